The van der Waals surface area contributed by atoms with Crippen molar-refractivity contribution in [1.82, 2.24) is 4.98 Å². The molecule has 1 fully saturated rings. The Bertz CT molecular complexity index is 351. The van der Waals surface area contributed by atoms with E-state index in [9.17, 15) is 0 Å². The number of piperidine rings is 1. The molecule has 1 aromatic rings. The second-order valence-corrected chi connectivity index (χ2v) is 5.28. The lowest BCUT2D eigenvalue weighted by Crippen LogP contribution is -2.34. The van der Waals surface area contributed by atoms with Crippen molar-refractivity contribution in [2.45, 2.75) is 26.7 Å². The van der Waals surface area contributed by atoms with Gasteiger partial charge in [0.25, 0.3) is 0 Å². The Balaban J connectivity index is 2.18. The van der Waals surface area contributed by atoms with E-state index in [1.54, 1.807) is 0 Å². The van der Waals surface area contributed by atoms with Gasteiger partial charge in [-0.05, 0) is 53.7 Å². The summed E-state index contributed by atoms with van der Waals surface area (Å²) in [4.78, 5) is 7.01. The van der Waals surface area contributed by atoms with Crippen LogP contribution in [0, 0.1) is 12.8 Å². The molecule has 1 aromatic heterocycles. The van der Waals surface area contributed by atoms with E-state index in [0.717, 1.165) is 35.0 Å². The predicted molar refractivity (Wildman–Crippen MR) is 67.3 cm³/mol. The Kier molecular flexibility index (Phi) is 3.29. The third-order valence-corrected chi connectivity index (χ3v) is 3.83. The topological polar surface area (TPSA) is 16.1 Å². The number of hydrogen-bond donors (Lipinski definition) is 0. The maximum atomic E-state index is 4.61. The Morgan fingerprint density at radius 3 is 2.93 bits per heavy atom. The van der Waals surface area contributed by atoms with Crippen molar-refractivity contribution in [2.75, 3.05) is 18.0 Å². The average Bonchev–Trinajstić information content (AvgIpc) is 2.22. The molecule has 1 atom stereocenters. The summed E-state index contributed by atoms with van der Waals surface area (Å²) in [7, 11) is 0. The molecule has 0 spiro atoms. The van der Waals surface area contributed by atoms with Crippen LogP contribution in [0.2, 0.25) is 0 Å². The highest BCUT2D eigenvalue weighted by Crippen LogP contribution is 2.23. The fourth-order valence-electron chi connectivity index (χ4n) is 2.10. The lowest BCUT2D eigenvalue weighted by atomic mass is 10.0. The van der Waals surface area contributed by atoms with Gasteiger partial charge >= 0.3 is 0 Å². The minimum Gasteiger partial charge on any atom is -0.356 e. The van der Waals surface area contributed by atoms with E-state index in [1.807, 2.05) is 6.92 Å². The van der Waals surface area contributed by atoms with Crippen molar-refractivity contribution in [3.05, 3.63) is 22.3 Å². The molecule has 0 aromatic carbocycles. The van der Waals surface area contributed by atoms with E-state index < -0.39 is 0 Å². The maximum absolute atomic E-state index is 4.61. The molecule has 1 saturated heterocycles. The number of aromatic nitrogens is 1. The summed E-state index contributed by atoms with van der Waals surface area (Å²) in [5, 5.41) is 0. The summed E-state index contributed by atoms with van der Waals surface area (Å²) < 4.78 is 1.09. The number of hydrogen-bond acceptors (Lipinski definition) is 2. The minimum atomic E-state index is 0.796. The normalized spacial score (nSPS) is 21.8. The zero-order valence-corrected chi connectivity index (χ0v) is 10.9. The highest BCUT2D eigenvalue weighted by Gasteiger charge is 2.17. The third kappa shape index (κ3) is 2.51. The molecule has 0 bridgehead atoms. The van der Waals surface area contributed by atoms with Crippen molar-refractivity contribution in [1.29, 1.82) is 0 Å². The van der Waals surface area contributed by atoms with Gasteiger partial charge in [-0.25, -0.2) is 4.98 Å². The molecule has 2 rings (SSSR count). The molecule has 1 aliphatic rings. The lowest BCUT2D eigenvalue weighted by Gasteiger charge is -2.32. The molecule has 0 aliphatic carbocycles. The Hall–Kier alpha value is -0.570. The van der Waals surface area contributed by atoms with E-state index in [1.165, 1.54) is 12.8 Å². The Labute approximate surface area is 99.8 Å². The first-order chi connectivity index (χ1) is 7.16. The van der Waals surface area contributed by atoms with Crippen molar-refractivity contribution in [3.8, 4) is 0 Å². The second kappa shape index (κ2) is 4.52. The highest BCUT2D eigenvalue weighted by atomic mass is 79.9. The Morgan fingerprint density at radius 1 is 1.47 bits per heavy atom. The SMILES string of the molecule is Cc1nc(N2CCCC(C)C2)ccc1Br. The quantitative estimate of drug-likeness (QED) is 0.776. The van der Waals surface area contributed by atoms with Crippen molar-refractivity contribution < 1.29 is 0 Å². The number of anilines is 1. The summed E-state index contributed by atoms with van der Waals surface area (Å²) in [6.45, 7) is 6.66. The largest absolute Gasteiger partial charge is 0.356 e. The van der Waals surface area contributed by atoms with Crippen molar-refractivity contribution in [3.63, 3.8) is 0 Å². The van der Waals surface area contributed by atoms with Crippen LogP contribution in [0.5, 0.6) is 0 Å². The molecule has 0 saturated carbocycles. The standard InChI is InChI=1S/C12H17BrN2/c1-9-4-3-7-15(8-9)12-6-5-11(13)10(2)14-12/h5-6,9H,3-4,7-8H2,1-2H3. The number of nitrogens with zero attached hydrogens (tertiary/aromatic N) is 2. The van der Waals surface area contributed by atoms with Gasteiger partial charge in [-0.1, -0.05) is 6.92 Å². The van der Waals surface area contributed by atoms with Gasteiger partial charge in [-0.3, -0.25) is 0 Å². The zero-order chi connectivity index (χ0) is 10.8. The van der Waals surface area contributed by atoms with Gasteiger partial charge in [0.15, 0.2) is 0 Å². The first-order valence-electron chi connectivity index (χ1n) is 5.55. The van der Waals surface area contributed by atoms with Crippen LogP contribution in [-0.4, -0.2) is 18.1 Å². The second-order valence-electron chi connectivity index (χ2n) is 4.43. The van der Waals surface area contributed by atoms with E-state index in [4.69, 9.17) is 0 Å². The van der Waals surface area contributed by atoms with Gasteiger partial charge < -0.3 is 4.90 Å². The van der Waals surface area contributed by atoms with Gasteiger partial charge in [0.2, 0.25) is 0 Å². The first-order valence-corrected chi connectivity index (χ1v) is 6.34. The molecule has 1 unspecified atom stereocenters. The summed E-state index contributed by atoms with van der Waals surface area (Å²) in [6, 6.07) is 4.20. The third-order valence-electron chi connectivity index (χ3n) is 2.99. The average molecular weight is 269 g/mol. The number of pyridine rings is 1. The van der Waals surface area contributed by atoms with Crippen molar-refractivity contribution in [2.24, 2.45) is 5.92 Å². The van der Waals surface area contributed by atoms with Crippen LogP contribution in [0.4, 0.5) is 5.82 Å². The molecule has 3 heteroatoms. The van der Waals surface area contributed by atoms with Gasteiger partial charge in [-0.2, -0.15) is 0 Å². The monoisotopic (exact) mass is 268 g/mol. The summed E-state index contributed by atoms with van der Waals surface area (Å²) in [5.41, 5.74) is 1.07. The first kappa shape index (κ1) is 10.9. The lowest BCUT2D eigenvalue weighted by molar-refractivity contribution is 0.444. The van der Waals surface area contributed by atoms with Crippen LogP contribution in [0.3, 0.4) is 0 Å². The van der Waals surface area contributed by atoms with E-state index >= 15 is 0 Å². The van der Waals surface area contributed by atoms with E-state index in [-0.39, 0.29) is 0 Å². The Morgan fingerprint density at radius 2 is 2.27 bits per heavy atom. The smallest absolute Gasteiger partial charge is 0.128 e. The number of rotatable bonds is 1. The van der Waals surface area contributed by atoms with Gasteiger partial charge in [0, 0.05) is 17.6 Å². The predicted octanol–water partition coefficient (Wildman–Crippen LogP) is 3.39. The molecular formula is C12H17BrN2. The van der Waals surface area contributed by atoms with Crippen LogP contribution in [0.1, 0.15) is 25.5 Å². The van der Waals surface area contributed by atoms with E-state index in [2.05, 4.69) is 44.9 Å². The molecule has 0 N–H and O–H groups in total. The molecule has 1 aliphatic heterocycles. The molecule has 2 nitrogen and oxygen atoms in total. The molecule has 0 radical (unpaired) electrons. The zero-order valence-electron chi connectivity index (χ0n) is 9.33. The summed E-state index contributed by atoms with van der Waals surface area (Å²) in [6.07, 6.45) is 2.64. The van der Waals surface area contributed by atoms with Gasteiger partial charge in [-0.15, -0.1) is 0 Å². The molecule has 0 amide bonds. The van der Waals surface area contributed by atoms with Crippen LogP contribution < -0.4 is 4.90 Å². The molecule has 82 valence electrons. The van der Waals surface area contributed by atoms with Crippen LogP contribution >= 0.6 is 15.9 Å². The van der Waals surface area contributed by atoms with Crippen LogP contribution in [0.25, 0.3) is 0 Å². The number of halogens is 1. The minimum absolute atomic E-state index is 0.796. The van der Waals surface area contributed by atoms with E-state index in [0.29, 0.717) is 0 Å². The fourth-order valence-corrected chi connectivity index (χ4v) is 2.33. The molecule has 15 heavy (non-hydrogen) atoms. The van der Waals surface area contributed by atoms with Gasteiger partial charge in [0.05, 0.1) is 5.69 Å². The maximum Gasteiger partial charge on any atom is 0.128 e. The summed E-state index contributed by atoms with van der Waals surface area (Å²) >= 11 is 3.48. The number of aryl methyl sites for hydroxylation is 1. The fraction of sp³-hybridized carbons (Fsp3) is 0.583. The molecular weight excluding hydrogens is 252 g/mol. The van der Waals surface area contributed by atoms with Gasteiger partial charge in [0.1, 0.15) is 5.82 Å². The van der Waals surface area contributed by atoms with Crippen molar-refractivity contribution >= 4 is 21.7 Å². The van der Waals surface area contributed by atoms with Crippen LogP contribution in [0.15, 0.2) is 16.6 Å². The molecule has 2 heterocycles. The van der Waals surface area contributed by atoms with Crippen LogP contribution in [-0.2, 0) is 0 Å². The summed E-state index contributed by atoms with van der Waals surface area (Å²) in [5.74, 6) is 1.92. The highest BCUT2D eigenvalue weighted by molar-refractivity contribution is 9.10.